The molecule has 0 fully saturated rings. The summed E-state index contributed by atoms with van der Waals surface area (Å²) in [5.41, 5.74) is 6.34. The number of rotatable bonds is 4. The summed E-state index contributed by atoms with van der Waals surface area (Å²) >= 11 is 5.77. The lowest BCUT2D eigenvalue weighted by molar-refractivity contribution is 0.725. The van der Waals surface area contributed by atoms with Gasteiger partial charge < -0.3 is 15.6 Å². The Morgan fingerprint density at radius 3 is 3.06 bits per heavy atom. The molecular weight excluding hydrogens is 226 g/mol. The van der Waals surface area contributed by atoms with E-state index >= 15 is 0 Å². The molecule has 84 valence electrons. The van der Waals surface area contributed by atoms with Crippen molar-refractivity contribution in [1.82, 2.24) is 14.5 Å². The lowest BCUT2D eigenvalue weighted by Crippen LogP contribution is -2.11. The normalized spacial score (nSPS) is 10.3. The number of nitrogens with two attached hydrogens (primary N) is 1. The van der Waals surface area contributed by atoms with Crippen molar-refractivity contribution in [2.75, 3.05) is 17.6 Å². The Kier molecular flexibility index (Phi) is 3.26. The third-order valence-electron chi connectivity index (χ3n) is 2.11. The first-order valence-electron chi connectivity index (χ1n) is 4.87. The maximum atomic E-state index is 5.77. The van der Waals surface area contributed by atoms with Gasteiger partial charge in [0.2, 0.25) is 0 Å². The third-order valence-corrected chi connectivity index (χ3v) is 2.32. The van der Waals surface area contributed by atoms with Crippen molar-refractivity contribution in [3.63, 3.8) is 0 Å². The van der Waals surface area contributed by atoms with E-state index in [9.17, 15) is 0 Å². The van der Waals surface area contributed by atoms with E-state index in [0.717, 1.165) is 6.54 Å². The lowest BCUT2D eigenvalue weighted by Gasteiger charge is -2.08. The number of nitrogen functional groups attached to an aromatic ring is 1. The Labute approximate surface area is 98.3 Å². The summed E-state index contributed by atoms with van der Waals surface area (Å²) in [6.07, 6.45) is 5.40. The Morgan fingerprint density at radius 2 is 2.31 bits per heavy atom. The second-order valence-electron chi connectivity index (χ2n) is 3.30. The predicted molar refractivity (Wildman–Crippen MR) is 64.4 cm³/mol. The van der Waals surface area contributed by atoms with Crippen LogP contribution in [0.1, 0.15) is 0 Å². The van der Waals surface area contributed by atoms with Crippen molar-refractivity contribution in [2.24, 2.45) is 0 Å². The second kappa shape index (κ2) is 4.85. The first kappa shape index (κ1) is 10.8. The van der Waals surface area contributed by atoms with Crippen LogP contribution in [0.2, 0.25) is 5.15 Å². The summed E-state index contributed by atoms with van der Waals surface area (Å²) < 4.78 is 1.97. The zero-order valence-electron chi connectivity index (χ0n) is 8.60. The molecular formula is C10H12ClN5. The summed E-state index contributed by atoms with van der Waals surface area (Å²) in [5, 5.41) is 3.55. The Balaban J connectivity index is 1.92. The van der Waals surface area contributed by atoms with Crippen LogP contribution < -0.4 is 11.1 Å². The van der Waals surface area contributed by atoms with Crippen LogP contribution in [-0.2, 0) is 6.54 Å². The standard InChI is InChI=1S/C10H12ClN5/c11-9-2-1-8(12)10(15-9)14-4-6-16-5-3-13-7-16/h1-3,5,7H,4,6,12H2,(H,14,15). The molecule has 5 nitrogen and oxygen atoms in total. The van der Waals surface area contributed by atoms with Gasteiger partial charge in [0.25, 0.3) is 0 Å². The number of anilines is 2. The van der Waals surface area contributed by atoms with E-state index in [4.69, 9.17) is 17.3 Å². The average molecular weight is 238 g/mol. The molecule has 2 heterocycles. The van der Waals surface area contributed by atoms with Gasteiger partial charge in [0.15, 0.2) is 5.82 Å². The minimum Gasteiger partial charge on any atom is -0.396 e. The number of halogens is 1. The summed E-state index contributed by atoms with van der Waals surface area (Å²) in [4.78, 5) is 8.05. The van der Waals surface area contributed by atoms with Crippen molar-refractivity contribution in [2.45, 2.75) is 6.54 Å². The minimum absolute atomic E-state index is 0.430. The minimum atomic E-state index is 0.430. The highest BCUT2D eigenvalue weighted by Gasteiger charge is 2.00. The van der Waals surface area contributed by atoms with E-state index in [1.54, 1.807) is 24.7 Å². The van der Waals surface area contributed by atoms with Gasteiger partial charge >= 0.3 is 0 Å². The molecule has 0 aliphatic heterocycles. The van der Waals surface area contributed by atoms with Crippen LogP contribution in [0.4, 0.5) is 11.5 Å². The third kappa shape index (κ3) is 2.64. The second-order valence-corrected chi connectivity index (χ2v) is 3.69. The molecule has 2 aromatic heterocycles. The van der Waals surface area contributed by atoms with Gasteiger partial charge in [-0.3, -0.25) is 0 Å². The molecule has 0 bridgehead atoms. The molecule has 0 spiro atoms. The Hall–Kier alpha value is -1.75. The van der Waals surface area contributed by atoms with E-state index in [0.29, 0.717) is 23.2 Å². The number of hydrogen-bond acceptors (Lipinski definition) is 4. The molecule has 0 aromatic carbocycles. The van der Waals surface area contributed by atoms with E-state index < -0.39 is 0 Å². The highest BCUT2D eigenvalue weighted by molar-refractivity contribution is 6.29. The molecule has 0 aliphatic rings. The van der Waals surface area contributed by atoms with Crippen LogP contribution in [0.15, 0.2) is 30.9 Å². The summed E-state index contributed by atoms with van der Waals surface area (Å²) in [7, 11) is 0. The van der Waals surface area contributed by atoms with Crippen molar-refractivity contribution < 1.29 is 0 Å². The van der Waals surface area contributed by atoms with Crippen molar-refractivity contribution >= 4 is 23.1 Å². The first-order chi connectivity index (χ1) is 7.75. The van der Waals surface area contributed by atoms with Crippen molar-refractivity contribution in [1.29, 1.82) is 0 Å². The zero-order valence-corrected chi connectivity index (χ0v) is 9.35. The summed E-state index contributed by atoms with van der Waals surface area (Å²) in [6.45, 7) is 1.52. The molecule has 6 heteroatoms. The molecule has 3 N–H and O–H groups in total. The maximum Gasteiger partial charge on any atom is 0.151 e. The van der Waals surface area contributed by atoms with Gasteiger partial charge in [0.05, 0.1) is 12.0 Å². The monoisotopic (exact) mass is 237 g/mol. The van der Waals surface area contributed by atoms with Gasteiger partial charge in [-0.05, 0) is 12.1 Å². The number of nitrogens with one attached hydrogen (secondary N) is 1. The highest BCUT2D eigenvalue weighted by Crippen LogP contribution is 2.17. The van der Waals surface area contributed by atoms with Crippen LogP contribution >= 0.6 is 11.6 Å². The van der Waals surface area contributed by atoms with Gasteiger partial charge in [-0.25, -0.2) is 9.97 Å². The van der Waals surface area contributed by atoms with Gasteiger partial charge in [-0.1, -0.05) is 11.6 Å². The van der Waals surface area contributed by atoms with Crippen LogP contribution in [0.5, 0.6) is 0 Å². The van der Waals surface area contributed by atoms with Crippen LogP contribution in [0.25, 0.3) is 0 Å². The fraction of sp³-hybridized carbons (Fsp3) is 0.200. The Bertz CT molecular complexity index is 454. The molecule has 0 radical (unpaired) electrons. The van der Waals surface area contributed by atoms with E-state index in [1.165, 1.54) is 0 Å². The van der Waals surface area contributed by atoms with Crippen molar-refractivity contribution in [3.05, 3.63) is 36.0 Å². The van der Waals surface area contributed by atoms with Crippen LogP contribution in [0.3, 0.4) is 0 Å². The molecule has 0 aliphatic carbocycles. The van der Waals surface area contributed by atoms with Crippen LogP contribution in [-0.4, -0.2) is 21.1 Å². The number of imidazole rings is 1. The SMILES string of the molecule is Nc1ccc(Cl)nc1NCCn1ccnc1. The van der Waals surface area contributed by atoms with Gasteiger partial charge in [0, 0.05) is 25.5 Å². The maximum absolute atomic E-state index is 5.77. The number of pyridine rings is 1. The summed E-state index contributed by atoms with van der Waals surface area (Å²) in [5.74, 6) is 0.618. The fourth-order valence-corrected chi connectivity index (χ4v) is 1.46. The quantitative estimate of drug-likeness (QED) is 0.793. The summed E-state index contributed by atoms with van der Waals surface area (Å²) in [6, 6.07) is 3.40. The number of nitrogens with zero attached hydrogens (tertiary/aromatic N) is 3. The average Bonchev–Trinajstić information content (AvgIpc) is 2.76. The van der Waals surface area contributed by atoms with E-state index in [2.05, 4.69) is 15.3 Å². The van der Waals surface area contributed by atoms with Gasteiger partial charge in [0.1, 0.15) is 5.15 Å². The van der Waals surface area contributed by atoms with E-state index in [-0.39, 0.29) is 0 Å². The fourth-order valence-electron chi connectivity index (χ4n) is 1.31. The van der Waals surface area contributed by atoms with Gasteiger partial charge in [-0.15, -0.1) is 0 Å². The molecule has 2 rings (SSSR count). The highest BCUT2D eigenvalue weighted by atomic mass is 35.5. The number of hydrogen-bond donors (Lipinski definition) is 2. The first-order valence-corrected chi connectivity index (χ1v) is 5.25. The molecule has 0 amide bonds. The number of aromatic nitrogens is 3. The lowest BCUT2D eigenvalue weighted by atomic mass is 10.4. The molecule has 0 saturated heterocycles. The predicted octanol–water partition coefficient (Wildman–Crippen LogP) is 1.63. The largest absolute Gasteiger partial charge is 0.396 e. The molecule has 0 saturated carbocycles. The molecule has 16 heavy (non-hydrogen) atoms. The smallest absolute Gasteiger partial charge is 0.151 e. The van der Waals surface area contributed by atoms with Crippen molar-refractivity contribution in [3.8, 4) is 0 Å². The zero-order chi connectivity index (χ0) is 11.4. The molecule has 0 unspecified atom stereocenters. The van der Waals surface area contributed by atoms with Gasteiger partial charge in [-0.2, -0.15) is 0 Å². The Morgan fingerprint density at radius 1 is 1.44 bits per heavy atom. The van der Waals surface area contributed by atoms with Crippen LogP contribution in [0, 0.1) is 0 Å². The van der Waals surface area contributed by atoms with E-state index in [1.807, 2.05) is 10.8 Å². The molecule has 0 atom stereocenters. The topological polar surface area (TPSA) is 68.8 Å². The molecule has 2 aromatic rings.